The van der Waals surface area contributed by atoms with Crippen molar-refractivity contribution in [2.75, 3.05) is 0 Å². The molecule has 0 saturated carbocycles. The molecule has 4 aromatic rings. The molecule has 8 heteroatoms. The van der Waals surface area contributed by atoms with E-state index in [1.165, 1.54) is 12.1 Å². The van der Waals surface area contributed by atoms with Gasteiger partial charge in [-0.15, -0.1) is 0 Å². The summed E-state index contributed by atoms with van der Waals surface area (Å²) in [4.78, 5) is 23.1. The Labute approximate surface area is 184 Å². The number of pyridine rings is 3. The molecule has 0 amide bonds. The minimum Gasteiger partial charge on any atom is -0.337 e. The fraction of sp³-hybridized carbons (Fsp3) is 0.125. The van der Waals surface area contributed by atoms with Crippen molar-refractivity contribution in [2.24, 2.45) is 0 Å². The molecule has 0 aliphatic rings. The van der Waals surface area contributed by atoms with Crippen molar-refractivity contribution in [2.45, 2.75) is 19.3 Å². The Kier molecular flexibility index (Phi) is 5.71. The first-order valence-electron chi connectivity index (χ1n) is 9.86. The summed E-state index contributed by atoms with van der Waals surface area (Å²) < 4.78 is 40.5. The fourth-order valence-electron chi connectivity index (χ4n) is 3.37. The van der Waals surface area contributed by atoms with Gasteiger partial charge < -0.3 is 4.89 Å². The van der Waals surface area contributed by atoms with E-state index in [4.69, 9.17) is 0 Å². The largest absolute Gasteiger partial charge is 0.337 e. The standard InChI is InChI=1S/C24H20F2N3O2P/c1-24(2,19-11-6-10-18(27-19)17-14-15-21(25)29-23(17)26)20-12-7-13-22(28-20)32(30,31)16-8-4-3-5-9-16/h3-15H,1-2H3,(H,30,31). The second-order valence-electron chi connectivity index (χ2n) is 7.80. The van der Waals surface area contributed by atoms with Gasteiger partial charge in [-0.25, -0.2) is 4.98 Å². The van der Waals surface area contributed by atoms with Gasteiger partial charge in [-0.1, -0.05) is 30.3 Å². The number of rotatable bonds is 5. The smallest absolute Gasteiger partial charge is 0.276 e. The molecule has 0 aliphatic carbocycles. The summed E-state index contributed by atoms with van der Waals surface area (Å²) in [6.07, 6.45) is 0. The molecule has 3 heterocycles. The lowest BCUT2D eigenvalue weighted by atomic mass is 9.84. The number of nitrogens with zero attached hydrogens (tertiary/aromatic N) is 3. The van der Waals surface area contributed by atoms with Crippen molar-refractivity contribution in [3.63, 3.8) is 0 Å². The van der Waals surface area contributed by atoms with E-state index >= 15 is 0 Å². The highest BCUT2D eigenvalue weighted by atomic mass is 31.2. The second-order valence-corrected chi connectivity index (χ2v) is 9.92. The van der Waals surface area contributed by atoms with Crippen LogP contribution in [0.2, 0.25) is 0 Å². The van der Waals surface area contributed by atoms with Crippen LogP contribution in [0.25, 0.3) is 11.3 Å². The first-order chi connectivity index (χ1) is 15.2. The van der Waals surface area contributed by atoms with Crippen LogP contribution >= 0.6 is 7.37 Å². The average Bonchev–Trinajstić information content (AvgIpc) is 2.80. The lowest BCUT2D eigenvalue weighted by Crippen LogP contribution is -2.27. The van der Waals surface area contributed by atoms with Crippen LogP contribution < -0.4 is 10.7 Å². The number of hydrogen-bond acceptors (Lipinski definition) is 4. The van der Waals surface area contributed by atoms with Crippen LogP contribution in [0.3, 0.4) is 0 Å². The van der Waals surface area contributed by atoms with Crippen LogP contribution in [0, 0.1) is 11.9 Å². The summed E-state index contributed by atoms with van der Waals surface area (Å²) in [5, 5.41) is 0.293. The Bertz CT molecular complexity index is 1330. The summed E-state index contributed by atoms with van der Waals surface area (Å²) in [5.41, 5.74) is 0.772. The highest BCUT2D eigenvalue weighted by Gasteiger charge is 2.31. The molecule has 0 bridgehead atoms. The zero-order chi connectivity index (χ0) is 22.9. The number of benzene rings is 1. The summed E-state index contributed by atoms with van der Waals surface area (Å²) >= 11 is 0. The predicted octanol–water partition coefficient (Wildman–Crippen LogP) is 4.36. The van der Waals surface area contributed by atoms with Crippen molar-refractivity contribution < 1.29 is 18.2 Å². The van der Waals surface area contributed by atoms with E-state index in [-0.39, 0.29) is 11.0 Å². The molecule has 0 saturated heterocycles. The van der Waals surface area contributed by atoms with Crippen LogP contribution in [0.5, 0.6) is 0 Å². The maximum atomic E-state index is 14.2. The van der Waals surface area contributed by atoms with E-state index in [9.17, 15) is 18.2 Å². The molecule has 5 nitrogen and oxygen atoms in total. The van der Waals surface area contributed by atoms with Gasteiger partial charge in [-0.05, 0) is 62.4 Å². The van der Waals surface area contributed by atoms with Gasteiger partial charge in [0, 0.05) is 10.7 Å². The first kappa shape index (κ1) is 21.9. The SMILES string of the molecule is CC(C)(c1cccc(-c2ccc(F)nc2F)n1)c1cccc(P(=O)(O)c2ccccc2)n1. The van der Waals surface area contributed by atoms with E-state index in [1.54, 1.807) is 60.7 Å². The molecule has 0 spiro atoms. The Morgan fingerprint density at radius 3 is 2.12 bits per heavy atom. The van der Waals surface area contributed by atoms with Crippen LogP contribution in [0.15, 0.2) is 78.9 Å². The second kappa shape index (κ2) is 8.34. The lowest BCUT2D eigenvalue weighted by Gasteiger charge is -2.25. The molecule has 1 atom stereocenters. The maximum Gasteiger partial charge on any atom is 0.276 e. The zero-order valence-electron chi connectivity index (χ0n) is 17.4. The fourth-order valence-corrected chi connectivity index (χ4v) is 4.74. The normalized spacial score (nSPS) is 13.5. The van der Waals surface area contributed by atoms with E-state index < -0.39 is 24.7 Å². The van der Waals surface area contributed by atoms with Gasteiger partial charge in [0.25, 0.3) is 7.37 Å². The summed E-state index contributed by atoms with van der Waals surface area (Å²) in [7, 11) is -3.88. The lowest BCUT2D eigenvalue weighted by molar-refractivity contribution is 0.499. The maximum absolute atomic E-state index is 14.2. The van der Waals surface area contributed by atoms with E-state index in [2.05, 4.69) is 15.0 Å². The third kappa shape index (κ3) is 4.09. The van der Waals surface area contributed by atoms with Crippen molar-refractivity contribution >= 4 is 18.1 Å². The van der Waals surface area contributed by atoms with Crippen LogP contribution in [0.1, 0.15) is 25.2 Å². The quantitative estimate of drug-likeness (QED) is 0.360. The van der Waals surface area contributed by atoms with Gasteiger partial charge in [0.05, 0.1) is 22.6 Å². The Morgan fingerprint density at radius 2 is 1.44 bits per heavy atom. The third-order valence-corrected chi connectivity index (χ3v) is 7.14. The average molecular weight is 451 g/mol. The summed E-state index contributed by atoms with van der Waals surface area (Å²) in [6.45, 7) is 3.74. The van der Waals surface area contributed by atoms with Crippen LogP contribution in [0.4, 0.5) is 8.78 Å². The number of aromatic nitrogens is 3. The number of hydrogen-bond donors (Lipinski definition) is 1. The van der Waals surface area contributed by atoms with Crippen LogP contribution in [-0.4, -0.2) is 19.8 Å². The van der Waals surface area contributed by atoms with Gasteiger partial charge in [0.2, 0.25) is 11.9 Å². The highest BCUT2D eigenvalue weighted by Crippen LogP contribution is 2.38. The van der Waals surface area contributed by atoms with Gasteiger partial charge in [0.15, 0.2) is 0 Å². The monoisotopic (exact) mass is 451 g/mol. The first-order valence-corrected chi connectivity index (χ1v) is 11.5. The Hall–Kier alpha value is -3.28. The molecule has 1 aromatic carbocycles. The molecule has 1 unspecified atom stereocenters. The molecule has 0 radical (unpaired) electrons. The molecule has 0 fully saturated rings. The Balaban J connectivity index is 1.75. The zero-order valence-corrected chi connectivity index (χ0v) is 18.3. The van der Waals surface area contributed by atoms with Crippen molar-refractivity contribution in [1.82, 2.24) is 15.0 Å². The molecule has 4 rings (SSSR count). The Morgan fingerprint density at radius 1 is 0.781 bits per heavy atom. The van der Waals surface area contributed by atoms with Gasteiger partial charge >= 0.3 is 0 Å². The van der Waals surface area contributed by atoms with Crippen LogP contribution in [-0.2, 0) is 9.98 Å². The van der Waals surface area contributed by atoms with E-state index in [0.29, 0.717) is 22.4 Å². The van der Waals surface area contributed by atoms with Gasteiger partial charge in [-0.3, -0.25) is 9.55 Å². The summed E-state index contributed by atoms with van der Waals surface area (Å²) in [5.74, 6) is -1.85. The van der Waals surface area contributed by atoms with Gasteiger partial charge in [0.1, 0.15) is 5.44 Å². The van der Waals surface area contributed by atoms with E-state index in [0.717, 1.165) is 6.07 Å². The third-order valence-electron chi connectivity index (χ3n) is 5.27. The predicted molar refractivity (Wildman–Crippen MR) is 119 cm³/mol. The molecular weight excluding hydrogens is 431 g/mol. The molecule has 3 aromatic heterocycles. The highest BCUT2D eigenvalue weighted by molar-refractivity contribution is 7.73. The molecule has 32 heavy (non-hydrogen) atoms. The molecule has 1 N–H and O–H groups in total. The van der Waals surface area contributed by atoms with Gasteiger partial charge in [-0.2, -0.15) is 13.8 Å². The topological polar surface area (TPSA) is 76.0 Å². The number of halogens is 2. The van der Waals surface area contributed by atoms with Crippen molar-refractivity contribution in [1.29, 1.82) is 0 Å². The van der Waals surface area contributed by atoms with Crippen molar-refractivity contribution in [3.05, 3.63) is 102 Å². The molecular formula is C24H20F2N3O2P. The minimum atomic E-state index is -3.88. The minimum absolute atomic E-state index is 0.0687. The van der Waals surface area contributed by atoms with E-state index in [1.807, 2.05) is 13.8 Å². The molecule has 162 valence electrons. The molecule has 0 aliphatic heterocycles. The van der Waals surface area contributed by atoms with Crippen molar-refractivity contribution in [3.8, 4) is 11.3 Å². The summed E-state index contributed by atoms with van der Waals surface area (Å²) in [6, 6.07) is 20.8.